The van der Waals surface area contributed by atoms with Crippen molar-refractivity contribution < 1.29 is 9.90 Å². The predicted molar refractivity (Wildman–Crippen MR) is 81.1 cm³/mol. The van der Waals surface area contributed by atoms with E-state index in [1.54, 1.807) is 6.33 Å². The highest BCUT2D eigenvalue weighted by molar-refractivity contribution is 5.78. The van der Waals surface area contributed by atoms with Crippen LogP contribution in [0.3, 0.4) is 0 Å². The van der Waals surface area contributed by atoms with Crippen LogP contribution in [-0.2, 0) is 4.79 Å². The number of hydrogen-bond acceptors (Lipinski definition) is 3. The maximum atomic E-state index is 11.7. The van der Waals surface area contributed by atoms with Gasteiger partial charge in [-0.15, -0.1) is 0 Å². The molecule has 2 atom stereocenters. The number of carboxylic acids is 1. The van der Waals surface area contributed by atoms with Crippen molar-refractivity contribution in [1.82, 2.24) is 9.97 Å². The summed E-state index contributed by atoms with van der Waals surface area (Å²) >= 11 is 0. The number of carboxylic acid groups (broad SMARTS) is 1. The first-order valence-corrected chi connectivity index (χ1v) is 7.58. The van der Waals surface area contributed by atoms with Crippen LogP contribution in [0.1, 0.15) is 50.5 Å². The zero-order valence-electron chi connectivity index (χ0n) is 12.2. The summed E-state index contributed by atoms with van der Waals surface area (Å²) in [6.07, 6.45) is 7.54. The van der Waals surface area contributed by atoms with Gasteiger partial charge in [-0.1, -0.05) is 19.4 Å². The van der Waals surface area contributed by atoms with Crippen molar-refractivity contribution in [3.05, 3.63) is 36.3 Å². The Bertz CT molecular complexity index is 671. The minimum atomic E-state index is -0.629. The second kappa shape index (κ2) is 5.43. The van der Waals surface area contributed by atoms with Gasteiger partial charge in [-0.2, -0.15) is 0 Å². The summed E-state index contributed by atoms with van der Waals surface area (Å²) in [7, 11) is 0. The first kappa shape index (κ1) is 14.0. The maximum Gasteiger partial charge on any atom is 0.309 e. The van der Waals surface area contributed by atoms with E-state index >= 15 is 0 Å². The molecule has 4 nitrogen and oxygen atoms in total. The Morgan fingerprint density at radius 1 is 1.48 bits per heavy atom. The first-order chi connectivity index (χ1) is 10.1. The monoisotopic (exact) mass is 284 g/mol. The second-order valence-corrected chi connectivity index (χ2v) is 6.12. The molecule has 0 saturated heterocycles. The molecule has 0 aliphatic heterocycles. The zero-order chi connectivity index (χ0) is 14.9. The van der Waals surface area contributed by atoms with Gasteiger partial charge in [-0.05, 0) is 49.3 Å². The van der Waals surface area contributed by atoms with Gasteiger partial charge in [-0.3, -0.25) is 4.79 Å². The number of nitrogens with zero attached hydrogens (tertiary/aromatic N) is 2. The standard InChI is InChI=1S/C17H20N2O2/c1-2-6-17(16(20)21)7-5-13(9-17)12-3-4-15-14(8-12)10-18-11-19-15/h3-4,8,10-11,13H,2,5-7,9H2,1H3,(H,20,21)/t13-,17+/m0/s1. The Balaban J connectivity index is 1.88. The van der Waals surface area contributed by atoms with E-state index in [9.17, 15) is 9.90 Å². The molecule has 21 heavy (non-hydrogen) atoms. The highest BCUT2D eigenvalue weighted by Gasteiger charge is 2.44. The van der Waals surface area contributed by atoms with Crippen molar-refractivity contribution in [2.75, 3.05) is 0 Å². The van der Waals surface area contributed by atoms with Crippen molar-refractivity contribution in [2.24, 2.45) is 5.41 Å². The summed E-state index contributed by atoms with van der Waals surface area (Å²) in [5.41, 5.74) is 1.63. The highest BCUT2D eigenvalue weighted by atomic mass is 16.4. The van der Waals surface area contributed by atoms with Gasteiger partial charge in [0, 0.05) is 11.6 Å². The second-order valence-electron chi connectivity index (χ2n) is 6.12. The number of rotatable bonds is 4. The molecule has 3 rings (SSSR count). The first-order valence-electron chi connectivity index (χ1n) is 7.58. The molecule has 1 N–H and O–H groups in total. The molecule has 1 aromatic heterocycles. The van der Waals surface area contributed by atoms with E-state index in [4.69, 9.17) is 0 Å². The number of hydrogen-bond donors (Lipinski definition) is 1. The van der Waals surface area contributed by atoms with Gasteiger partial charge in [0.15, 0.2) is 0 Å². The van der Waals surface area contributed by atoms with Gasteiger partial charge in [0.05, 0.1) is 10.9 Å². The normalized spacial score (nSPS) is 25.3. The van der Waals surface area contributed by atoms with Gasteiger partial charge in [0.1, 0.15) is 6.33 Å². The molecule has 1 aromatic carbocycles. The van der Waals surface area contributed by atoms with Crippen LogP contribution in [0.4, 0.5) is 0 Å². The summed E-state index contributed by atoms with van der Waals surface area (Å²) in [6, 6.07) is 6.21. The van der Waals surface area contributed by atoms with E-state index in [0.29, 0.717) is 5.92 Å². The smallest absolute Gasteiger partial charge is 0.309 e. The molecule has 1 aliphatic rings. The summed E-state index contributed by atoms with van der Waals surface area (Å²) in [4.78, 5) is 20.0. The Labute approximate surface area is 124 Å². The van der Waals surface area contributed by atoms with Crippen molar-refractivity contribution in [3.63, 3.8) is 0 Å². The summed E-state index contributed by atoms with van der Waals surface area (Å²) in [6.45, 7) is 2.06. The largest absolute Gasteiger partial charge is 0.481 e. The number of benzene rings is 1. The van der Waals surface area contributed by atoms with Gasteiger partial charge in [0.2, 0.25) is 0 Å². The highest BCUT2D eigenvalue weighted by Crippen LogP contribution is 2.49. The van der Waals surface area contributed by atoms with Crippen LogP contribution in [0.15, 0.2) is 30.7 Å². The van der Waals surface area contributed by atoms with Crippen LogP contribution in [0.25, 0.3) is 10.9 Å². The van der Waals surface area contributed by atoms with E-state index in [1.807, 2.05) is 12.3 Å². The molecule has 4 heteroatoms. The molecule has 110 valence electrons. The van der Waals surface area contributed by atoms with Crippen LogP contribution in [0, 0.1) is 5.41 Å². The SMILES string of the molecule is CCC[C@@]1(C(=O)O)CC[C@H](c2ccc3ncncc3c2)C1. The van der Waals surface area contributed by atoms with Gasteiger partial charge in [-0.25, -0.2) is 9.97 Å². The Morgan fingerprint density at radius 2 is 2.33 bits per heavy atom. The van der Waals surface area contributed by atoms with E-state index in [0.717, 1.165) is 43.0 Å². The lowest BCUT2D eigenvalue weighted by Gasteiger charge is -2.23. The lowest BCUT2D eigenvalue weighted by atomic mass is 9.80. The Hall–Kier alpha value is -1.97. The predicted octanol–water partition coefficient (Wildman–Crippen LogP) is 3.77. The molecule has 0 spiro atoms. The van der Waals surface area contributed by atoms with Gasteiger partial charge < -0.3 is 5.11 Å². The van der Waals surface area contributed by atoms with Crippen LogP contribution in [0.5, 0.6) is 0 Å². The number of fused-ring (bicyclic) bond motifs is 1. The van der Waals surface area contributed by atoms with Crippen molar-refractivity contribution in [2.45, 2.75) is 44.9 Å². The van der Waals surface area contributed by atoms with Crippen molar-refractivity contribution in [3.8, 4) is 0 Å². The molecule has 0 unspecified atom stereocenters. The lowest BCUT2D eigenvalue weighted by Crippen LogP contribution is -2.27. The molecule has 1 heterocycles. The van der Waals surface area contributed by atoms with Gasteiger partial charge >= 0.3 is 5.97 Å². The third-order valence-corrected chi connectivity index (χ3v) is 4.79. The minimum absolute atomic E-state index is 0.331. The van der Waals surface area contributed by atoms with Crippen molar-refractivity contribution in [1.29, 1.82) is 0 Å². The maximum absolute atomic E-state index is 11.7. The average Bonchev–Trinajstić information content (AvgIpc) is 2.93. The third kappa shape index (κ3) is 2.50. The molecular formula is C17H20N2O2. The summed E-state index contributed by atoms with van der Waals surface area (Å²) in [5.74, 6) is -0.298. The molecule has 1 aliphatic carbocycles. The fourth-order valence-corrected chi connectivity index (χ4v) is 3.67. The molecule has 1 saturated carbocycles. The molecular weight excluding hydrogens is 264 g/mol. The van der Waals surface area contributed by atoms with E-state index in [2.05, 4.69) is 29.0 Å². The fourth-order valence-electron chi connectivity index (χ4n) is 3.67. The van der Waals surface area contributed by atoms with E-state index in [1.165, 1.54) is 5.56 Å². The third-order valence-electron chi connectivity index (χ3n) is 4.79. The lowest BCUT2D eigenvalue weighted by molar-refractivity contribution is -0.149. The minimum Gasteiger partial charge on any atom is -0.481 e. The number of aliphatic carboxylic acids is 1. The molecule has 2 aromatic rings. The molecule has 0 radical (unpaired) electrons. The Kier molecular flexibility index (Phi) is 3.62. The van der Waals surface area contributed by atoms with Crippen LogP contribution >= 0.6 is 0 Å². The number of aromatic nitrogens is 2. The average molecular weight is 284 g/mol. The van der Waals surface area contributed by atoms with E-state index in [-0.39, 0.29) is 0 Å². The van der Waals surface area contributed by atoms with Gasteiger partial charge in [0.25, 0.3) is 0 Å². The van der Waals surface area contributed by atoms with Crippen LogP contribution in [-0.4, -0.2) is 21.0 Å². The quantitative estimate of drug-likeness (QED) is 0.928. The summed E-state index contributed by atoms with van der Waals surface area (Å²) < 4.78 is 0. The topological polar surface area (TPSA) is 63.1 Å². The number of carbonyl (C=O) groups is 1. The van der Waals surface area contributed by atoms with Crippen LogP contribution in [0.2, 0.25) is 0 Å². The zero-order valence-corrected chi connectivity index (χ0v) is 12.2. The fraction of sp³-hybridized carbons (Fsp3) is 0.471. The van der Waals surface area contributed by atoms with E-state index < -0.39 is 11.4 Å². The van der Waals surface area contributed by atoms with Crippen molar-refractivity contribution >= 4 is 16.9 Å². The molecule has 0 bridgehead atoms. The molecule has 1 fully saturated rings. The Morgan fingerprint density at radius 3 is 3.10 bits per heavy atom. The van der Waals surface area contributed by atoms with Crippen LogP contribution < -0.4 is 0 Å². The molecule has 0 amide bonds. The summed E-state index contributed by atoms with van der Waals surface area (Å²) in [5, 5.41) is 10.6.